The maximum absolute atomic E-state index is 13.3. The van der Waals surface area contributed by atoms with Crippen LogP contribution in [0.2, 0.25) is 0 Å². The molecule has 0 aromatic carbocycles. The predicted molar refractivity (Wildman–Crippen MR) is 121 cm³/mol. The molecule has 0 radical (unpaired) electrons. The number of hydrogen-bond acceptors (Lipinski definition) is 7. The van der Waals surface area contributed by atoms with E-state index in [1.165, 1.54) is 0 Å². The molecule has 182 valence electrons. The monoisotopic (exact) mass is 479 g/mol. The van der Waals surface area contributed by atoms with Gasteiger partial charge in [-0.1, -0.05) is 0 Å². The summed E-state index contributed by atoms with van der Waals surface area (Å²) in [5.41, 5.74) is 2.24. The van der Waals surface area contributed by atoms with Gasteiger partial charge in [-0.25, -0.2) is 18.1 Å². The second kappa shape index (κ2) is 9.48. The lowest BCUT2D eigenvalue weighted by atomic mass is 9.81. The smallest absolute Gasteiger partial charge is 0.260 e. The molecule has 1 amide bonds. The summed E-state index contributed by atoms with van der Waals surface area (Å²) in [6.45, 7) is 3.26. The number of rotatable bonds is 3. The summed E-state index contributed by atoms with van der Waals surface area (Å²) >= 11 is 0. The van der Waals surface area contributed by atoms with E-state index in [-0.39, 0.29) is 43.9 Å². The van der Waals surface area contributed by atoms with E-state index in [1.54, 1.807) is 11.1 Å². The SMILES string of the molecule is Cc1ccnc2c1C1CCC(CC1)OCC1C(NS(=O)(=O)C3COC3)CCCN1C(=O)CO2. The van der Waals surface area contributed by atoms with Crippen molar-refractivity contribution in [1.82, 2.24) is 14.6 Å². The Kier molecular flexibility index (Phi) is 6.61. The molecule has 1 saturated carbocycles. The molecule has 1 aromatic heterocycles. The Morgan fingerprint density at radius 1 is 1.12 bits per heavy atom. The van der Waals surface area contributed by atoms with E-state index >= 15 is 0 Å². The van der Waals surface area contributed by atoms with Crippen LogP contribution in [0.4, 0.5) is 0 Å². The molecule has 2 saturated heterocycles. The number of amides is 1. The van der Waals surface area contributed by atoms with Gasteiger partial charge >= 0.3 is 0 Å². The van der Waals surface area contributed by atoms with Crippen molar-refractivity contribution in [2.24, 2.45) is 0 Å². The van der Waals surface area contributed by atoms with Crippen molar-refractivity contribution >= 4 is 15.9 Å². The molecule has 1 N–H and O–H groups in total. The molecule has 5 heterocycles. The summed E-state index contributed by atoms with van der Waals surface area (Å²) < 4.78 is 45.8. The number of sulfonamides is 1. The van der Waals surface area contributed by atoms with Crippen molar-refractivity contribution in [3.63, 3.8) is 0 Å². The van der Waals surface area contributed by atoms with E-state index in [4.69, 9.17) is 14.2 Å². The topological polar surface area (TPSA) is 107 Å². The molecular weight excluding hydrogens is 446 g/mol. The first-order valence-corrected chi connectivity index (χ1v) is 13.6. The summed E-state index contributed by atoms with van der Waals surface area (Å²) in [6.07, 6.45) is 7.03. The zero-order chi connectivity index (χ0) is 23.0. The lowest BCUT2D eigenvalue weighted by Gasteiger charge is -2.42. The number of pyridine rings is 1. The number of fused-ring (bicyclic) bond motifs is 5. The molecule has 2 unspecified atom stereocenters. The minimum atomic E-state index is -3.51. The second-order valence-electron chi connectivity index (χ2n) is 9.67. The van der Waals surface area contributed by atoms with Crippen molar-refractivity contribution in [3.05, 3.63) is 23.4 Å². The van der Waals surface area contributed by atoms with Gasteiger partial charge in [-0.3, -0.25) is 4.79 Å². The average molecular weight is 480 g/mol. The molecule has 3 fully saturated rings. The fraction of sp³-hybridized carbons (Fsp3) is 0.739. The van der Waals surface area contributed by atoms with Crippen LogP contribution in [0.3, 0.4) is 0 Å². The second-order valence-corrected chi connectivity index (χ2v) is 11.7. The number of nitrogens with zero attached hydrogens (tertiary/aromatic N) is 2. The first-order chi connectivity index (χ1) is 15.9. The number of hydrogen-bond donors (Lipinski definition) is 1. The first kappa shape index (κ1) is 23.0. The lowest BCUT2D eigenvalue weighted by Crippen LogP contribution is -2.61. The van der Waals surface area contributed by atoms with Gasteiger partial charge in [0.1, 0.15) is 5.25 Å². The molecule has 1 aromatic rings. The van der Waals surface area contributed by atoms with Gasteiger partial charge in [-0.2, -0.15) is 0 Å². The summed E-state index contributed by atoms with van der Waals surface area (Å²) in [7, 11) is -3.51. The Labute approximate surface area is 195 Å². The minimum Gasteiger partial charge on any atom is -0.467 e. The molecule has 2 bridgehead atoms. The van der Waals surface area contributed by atoms with E-state index in [9.17, 15) is 13.2 Å². The van der Waals surface area contributed by atoms with Crippen LogP contribution in [-0.4, -0.2) is 80.6 Å². The number of carbonyl (C=O) groups excluding carboxylic acids is 1. The third-order valence-corrected chi connectivity index (χ3v) is 9.33. The Morgan fingerprint density at radius 2 is 1.91 bits per heavy atom. The third kappa shape index (κ3) is 4.76. The molecule has 2 atom stereocenters. The van der Waals surface area contributed by atoms with Gasteiger partial charge in [0.15, 0.2) is 6.61 Å². The fourth-order valence-corrected chi connectivity index (χ4v) is 6.97. The van der Waals surface area contributed by atoms with Crippen molar-refractivity contribution in [2.45, 2.75) is 74.8 Å². The summed E-state index contributed by atoms with van der Waals surface area (Å²) in [6, 6.07) is 1.24. The number of piperidine rings is 1. The number of nitrogens with one attached hydrogen (secondary N) is 1. The highest BCUT2D eigenvalue weighted by atomic mass is 32.2. The van der Waals surface area contributed by atoms with Gasteiger partial charge in [-0.15, -0.1) is 0 Å². The van der Waals surface area contributed by atoms with Crippen molar-refractivity contribution in [1.29, 1.82) is 0 Å². The van der Waals surface area contributed by atoms with E-state index in [2.05, 4.69) is 16.6 Å². The van der Waals surface area contributed by atoms with Gasteiger partial charge in [0.25, 0.3) is 5.91 Å². The standard InChI is InChI=1S/C23H33N3O6S/c1-15-8-9-24-23-22(15)16-4-6-17(7-5-16)31-13-20-19(25-33(28,29)18-11-30-12-18)3-2-10-26(20)21(27)14-32-23/h8-9,16-20,25H,2-7,10-14H2,1H3. The van der Waals surface area contributed by atoms with Crippen LogP contribution in [0.15, 0.2) is 12.3 Å². The Hall–Kier alpha value is -1.75. The lowest BCUT2D eigenvalue weighted by molar-refractivity contribution is -0.140. The summed E-state index contributed by atoms with van der Waals surface area (Å²) in [5, 5.41) is -0.524. The summed E-state index contributed by atoms with van der Waals surface area (Å²) in [4.78, 5) is 19.5. The zero-order valence-electron chi connectivity index (χ0n) is 19.1. The largest absolute Gasteiger partial charge is 0.467 e. The number of carbonyl (C=O) groups is 1. The van der Waals surface area contributed by atoms with Gasteiger partial charge in [0, 0.05) is 24.3 Å². The molecule has 33 heavy (non-hydrogen) atoms. The fourth-order valence-electron chi connectivity index (χ4n) is 5.53. The molecule has 0 spiro atoms. The van der Waals surface area contributed by atoms with Gasteiger partial charge in [-0.05, 0) is 63.0 Å². The molecule has 10 heteroatoms. The number of aryl methyl sites for hydroxylation is 1. The minimum absolute atomic E-state index is 0.111. The Balaban J connectivity index is 1.40. The molecule has 1 aliphatic carbocycles. The van der Waals surface area contributed by atoms with E-state index in [0.29, 0.717) is 31.4 Å². The average Bonchev–Trinajstić information content (AvgIpc) is 2.76. The Morgan fingerprint density at radius 3 is 2.64 bits per heavy atom. The predicted octanol–water partition coefficient (Wildman–Crippen LogP) is 1.50. The van der Waals surface area contributed by atoms with Crippen molar-refractivity contribution in [2.75, 3.05) is 33.0 Å². The Bertz CT molecular complexity index is 974. The van der Waals surface area contributed by atoms with Gasteiger partial charge in [0.05, 0.1) is 32.0 Å². The normalized spacial score (nSPS) is 31.3. The molecule has 9 nitrogen and oxygen atoms in total. The molecule has 4 aliphatic heterocycles. The highest BCUT2D eigenvalue weighted by Crippen LogP contribution is 2.39. The highest BCUT2D eigenvalue weighted by Gasteiger charge is 2.41. The van der Waals surface area contributed by atoms with Crippen molar-refractivity contribution in [3.8, 4) is 5.88 Å². The van der Waals surface area contributed by atoms with Crippen LogP contribution in [0, 0.1) is 6.92 Å². The first-order valence-electron chi connectivity index (χ1n) is 12.0. The van der Waals surface area contributed by atoms with Crippen LogP contribution >= 0.6 is 0 Å². The number of aromatic nitrogens is 1. The van der Waals surface area contributed by atoms with Crippen molar-refractivity contribution < 1.29 is 27.4 Å². The maximum Gasteiger partial charge on any atom is 0.260 e. The molecule has 5 aliphatic rings. The number of ether oxygens (including phenoxy) is 3. The van der Waals surface area contributed by atoms with Gasteiger partial charge < -0.3 is 19.1 Å². The maximum atomic E-state index is 13.3. The third-order valence-electron chi connectivity index (χ3n) is 7.55. The zero-order valence-corrected chi connectivity index (χ0v) is 19.9. The van der Waals surface area contributed by atoms with Crippen LogP contribution in [-0.2, 0) is 24.3 Å². The van der Waals surface area contributed by atoms with E-state index in [0.717, 1.165) is 43.2 Å². The van der Waals surface area contributed by atoms with E-state index < -0.39 is 15.3 Å². The summed E-state index contributed by atoms with van der Waals surface area (Å²) in [5.74, 6) is 0.722. The van der Waals surface area contributed by atoms with Crippen LogP contribution in [0.5, 0.6) is 5.88 Å². The molecular formula is C23H33N3O6S. The highest BCUT2D eigenvalue weighted by molar-refractivity contribution is 7.90. The van der Waals surface area contributed by atoms with Crippen LogP contribution in [0.1, 0.15) is 55.6 Å². The quantitative estimate of drug-likeness (QED) is 0.700. The van der Waals surface area contributed by atoms with Crippen LogP contribution < -0.4 is 9.46 Å². The van der Waals surface area contributed by atoms with E-state index in [1.807, 2.05) is 6.07 Å². The molecule has 6 rings (SSSR count). The van der Waals surface area contributed by atoms with Crippen LogP contribution in [0.25, 0.3) is 0 Å². The van der Waals surface area contributed by atoms with Gasteiger partial charge in [0.2, 0.25) is 15.9 Å².